The molecule has 196 valence electrons. The lowest BCUT2D eigenvalue weighted by molar-refractivity contribution is 0.0204. The molecule has 1 amide bonds. The summed E-state index contributed by atoms with van der Waals surface area (Å²) in [7, 11) is 1.53. The number of nitrogen functional groups attached to an aromatic ring is 1. The predicted octanol–water partition coefficient (Wildman–Crippen LogP) is 5.02. The van der Waals surface area contributed by atoms with E-state index >= 15 is 4.39 Å². The van der Waals surface area contributed by atoms with E-state index in [9.17, 15) is 4.79 Å². The van der Waals surface area contributed by atoms with E-state index in [2.05, 4.69) is 15.2 Å². The summed E-state index contributed by atoms with van der Waals surface area (Å²) < 4.78 is 32.0. The van der Waals surface area contributed by atoms with Crippen LogP contribution in [0.2, 0.25) is 0 Å². The van der Waals surface area contributed by atoms with Gasteiger partial charge in [0.05, 0.1) is 5.69 Å². The molecule has 0 unspecified atom stereocenters. The Labute approximate surface area is 215 Å². The zero-order valence-electron chi connectivity index (χ0n) is 21.5. The first-order valence-electron chi connectivity index (χ1n) is 12.1. The first-order valence-corrected chi connectivity index (χ1v) is 12.1. The molecule has 3 heterocycles. The number of hydrogen-bond acceptors (Lipinski definition) is 8. The number of aromatic nitrogens is 3. The van der Waals surface area contributed by atoms with Crippen LogP contribution in [0.3, 0.4) is 0 Å². The van der Waals surface area contributed by atoms with Crippen molar-refractivity contribution >= 4 is 11.9 Å². The topological polar surface area (TPSA) is 113 Å². The summed E-state index contributed by atoms with van der Waals surface area (Å²) in [4.78, 5) is 18.4. The number of hydrogen-bond donors (Lipinski definition) is 1. The van der Waals surface area contributed by atoms with Gasteiger partial charge < -0.3 is 24.8 Å². The van der Waals surface area contributed by atoms with Gasteiger partial charge in [-0.25, -0.2) is 9.18 Å². The van der Waals surface area contributed by atoms with Crippen LogP contribution in [0.15, 0.2) is 42.6 Å². The Morgan fingerprint density at radius 3 is 2.57 bits per heavy atom. The molecule has 0 atom stereocenters. The highest BCUT2D eigenvalue weighted by Crippen LogP contribution is 2.36. The molecule has 1 aliphatic heterocycles. The summed E-state index contributed by atoms with van der Waals surface area (Å²) in [5.41, 5.74) is 7.69. The maximum atomic E-state index is 15.9. The molecule has 2 N–H and O–H groups in total. The summed E-state index contributed by atoms with van der Waals surface area (Å²) >= 11 is 0. The van der Waals surface area contributed by atoms with Crippen LogP contribution in [0.4, 0.5) is 15.0 Å². The Hall–Kier alpha value is -3.79. The van der Waals surface area contributed by atoms with Gasteiger partial charge in [0.2, 0.25) is 0 Å². The van der Waals surface area contributed by atoms with Crippen molar-refractivity contribution in [1.82, 2.24) is 20.1 Å². The Balaban J connectivity index is 1.59. The zero-order valence-corrected chi connectivity index (χ0v) is 21.5. The number of amides is 1. The number of para-hydroxylation sites is 1. The van der Waals surface area contributed by atoms with E-state index < -0.39 is 11.4 Å². The lowest BCUT2D eigenvalue weighted by Gasteiger charge is -2.33. The van der Waals surface area contributed by atoms with Gasteiger partial charge in [0, 0.05) is 37.5 Å². The van der Waals surface area contributed by atoms with Crippen LogP contribution >= 0.6 is 0 Å². The van der Waals surface area contributed by atoms with Gasteiger partial charge in [-0.05, 0) is 69.4 Å². The third-order valence-electron chi connectivity index (χ3n) is 6.08. The van der Waals surface area contributed by atoms with Crippen molar-refractivity contribution in [3.05, 3.63) is 54.0 Å². The maximum absolute atomic E-state index is 15.9. The molecule has 0 radical (unpaired) electrons. The standard InChI is InChI=1S/C27H32FN5O4/c1-27(2,3)37-26(34)33-13-10-17(11-14-33)18-9-12-30-24(23(18)28)20-15-21(31-32-25(20)29)19-7-5-6-8-22(19)36-16-35-4/h5-9,12,15,17H,10-11,13-14,16H2,1-4H3,(H2,29,32). The molecular formula is C27H32FN5O4. The predicted molar refractivity (Wildman–Crippen MR) is 137 cm³/mol. The fourth-order valence-electron chi connectivity index (χ4n) is 4.31. The fraction of sp³-hybridized carbons (Fsp3) is 0.407. The number of halogens is 1. The highest BCUT2D eigenvalue weighted by Gasteiger charge is 2.30. The number of carbonyl (C=O) groups excluding carboxylic acids is 1. The average molecular weight is 510 g/mol. The van der Waals surface area contributed by atoms with Gasteiger partial charge in [0.15, 0.2) is 18.4 Å². The second kappa shape index (κ2) is 11.1. The third kappa shape index (κ3) is 6.14. The average Bonchev–Trinajstić information content (AvgIpc) is 2.87. The number of methoxy groups -OCH3 is 1. The summed E-state index contributed by atoms with van der Waals surface area (Å²) in [6.45, 7) is 6.54. The van der Waals surface area contributed by atoms with Crippen LogP contribution in [0.25, 0.3) is 22.5 Å². The number of ether oxygens (including phenoxy) is 3. The molecule has 1 saturated heterocycles. The highest BCUT2D eigenvalue weighted by molar-refractivity contribution is 5.78. The minimum absolute atomic E-state index is 0.0667. The summed E-state index contributed by atoms with van der Waals surface area (Å²) in [5.74, 6) is 0.0996. The van der Waals surface area contributed by atoms with E-state index in [0.717, 1.165) is 0 Å². The molecule has 2 aromatic heterocycles. The van der Waals surface area contributed by atoms with Crippen LogP contribution in [0.1, 0.15) is 45.1 Å². The van der Waals surface area contributed by atoms with Crippen LogP contribution < -0.4 is 10.5 Å². The van der Waals surface area contributed by atoms with Crippen molar-refractivity contribution in [1.29, 1.82) is 0 Å². The van der Waals surface area contributed by atoms with E-state index in [1.165, 1.54) is 7.11 Å². The van der Waals surface area contributed by atoms with Crippen molar-refractivity contribution in [2.24, 2.45) is 0 Å². The maximum Gasteiger partial charge on any atom is 0.410 e. The van der Waals surface area contributed by atoms with Gasteiger partial charge in [-0.2, -0.15) is 0 Å². The lowest BCUT2D eigenvalue weighted by Crippen LogP contribution is -2.41. The SMILES string of the molecule is COCOc1ccccc1-c1cc(-c2nccc(C3CCN(C(=O)OC(C)(C)C)CC3)c2F)c(N)nn1. The number of anilines is 1. The monoisotopic (exact) mass is 509 g/mol. The molecule has 0 bridgehead atoms. The molecule has 0 spiro atoms. The number of nitrogens with two attached hydrogens (primary N) is 1. The van der Waals surface area contributed by atoms with E-state index in [0.29, 0.717) is 54.1 Å². The first-order chi connectivity index (χ1) is 17.7. The van der Waals surface area contributed by atoms with Gasteiger partial charge in [-0.15, -0.1) is 10.2 Å². The molecule has 37 heavy (non-hydrogen) atoms. The molecular weight excluding hydrogens is 477 g/mol. The Morgan fingerprint density at radius 1 is 1.14 bits per heavy atom. The van der Waals surface area contributed by atoms with Crippen LogP contribution in [-0.2, 0) is 9.47 Å². The minimum Gasteiger partial charge on any atom is -0.467 e. The second-order valence-electron chi connectivity index (χ2n) is 9.88. The summed E-state index contributed by atoms with van der Waals surface area (Å²) in [5, 5.41) is 8.27. The molecule has 1 aliphatic rings. The first kappa shape index (κ1) is 26.3. The number of piperidine rings is 1. The fourth-order valence-corrected chi connectivity index (χ4v) is 4.31. The van der Waals surface area contributed by atoms with E-state index in [-0.39, 0.29) is 30.3 Å². The number of benzene rings is 1. The third-order valence-corrected chi connectivity index (χ3v) is 6.08. The molecule has 1 aromatic carbocycles. The highest BCUT2D eigenvalue weighted by atomic mass is 19.1. The van der Waals surface area contributed by atoms with Gasteiger partial charge in [0.25, 0.3) is 0 Å². The van der Waals surface area contributed by atoms with Gasteiger partial charge in [-0.3, -0.25) is 4.98 Å². The lowest BCUT2D eigenvalue weighted by atomic mass is 9.88. The van der Waals surface area contributed by atoms with Crippen molar-refractivity contribution in [2.45, 2.75) is 45.1 Å². The largest absolute Gasteiger partial charge is 0.467 e. The summed E-state index contributed by atoms with van der Waals surface area (Å²) in [6, 6.07) is 10.6. The molecule has 9 nitrogen and oxygen atoms in total. The van der Waals surface area contributed by atoms with Crippen LogP contribution in [0, 0.1) is 5.82 Å². The normalized spacial score (nSPS) is 14.5. The van der Waals surface area contributed by atoms with Crippen molar-refractivity contribution in [3.63, 3.8) is 0 Å². The second-order valence-corrected chi connectivity index (χ2v) is 9.88. The molecule has 4 rings (SSSR count). The Kier molecular flexibility index (Phi) is 7.87. The van der Waals surface area contributed by atoms with Crippen molar-refractivity contribution < 1.29 is 23.4 Å². The van der Waals surface area contributed by atoms with Crippen molar-refractivity contribution in [2.75, 3.05) is 32.7 Å². The molecule has 0 aliphatic carbocycles. The van der Waals surface area contributed by atoms with Gasteiger partial charge in [-0.1, -0.05) is 12.1 Å². The number of pyridine rings is 1. The molecule has 0 saturated carbocycles. The summed E-state index contributed by atoms with van der Waals surface area (Å²) in [6.07, 6.45) is 2.45. The van der Waals surface area contributed by atoms with Crippen LogP contribution in [-0.4, -0.2) is 58.8 Å². The minimum atomic E-state index is -0.562. The Morgan fingerprint density at radius 2 is 1.86 bits per heavy atom. The van der Waals surface area contributed by atoms with E-state index in [1.807, 2.05) is 39.0 Å². The van der Waals surface area contributed by atoms with Gasteiger partial charge in [0.1, 0.15) is 17.0 Å². The van der Waals surface area contributed by atoms with E-state index in [1.54, 1.807) is 29.3 Å². The number of rotatable bonds is 6. The zero-order chi connectivity index (χ0) is 26.6. The quantitative estimate of drug-likeness (QED) is 0.461. The van der Waals surface area contributed by atoms with E-state index in [4.69, 9.17) is 19.9 Å². The smallest absolute Gasteiger partial charge is 0.410 e. The van der Waals surface area contributed by atoms with Crippen LogP contribution in [0.5, 0.6) is 5.75 Å². The molecule has 3 aromatic rings. The molecule has 1 fully saturated rings. The van der Waals surface area contributed by atoms with Crippen molar-refractivity contribution in [3.8, 4) is 28.3 Å². The van der Waals surface area contributed by atoms with Gasteiger partial charge >= 0.3 is 6.09 Å². The number of carbonyl (C=O) groups is 1. The molecule has 10 heteroatoms. The number of nitrogens with zero attached hydrogens (tertiary/aromatic N) is 4. The Bertz CT molecular complexity index is 1260. The number of likely N-dealkylation sites (tertiary alicyclic amines) is 1.